The molecule has 8 nitrogen and oxygen atoms in total. The first-order valence-electron chi connectivity index (χ1n) is 12.8. The van der Waals surface area contributed by atoms with Crippen molar-refractivity contribution in [2.45, 2.75) is 110 Å². The van der Waals surface area contributed by atoms with Gasteiger partial charge in [-0.25, -0.2) is 0 Å². The predicted molar refractivity (Wildman–Crippen MR) is 128 cm³/mol. The first kappa shape index (κ1) is 26.9. The first-order valence-corrected chi connectivity index (χ1v) is 12.8. The number of ether oxygens (including phenoxy) is 2. The summed E-state index contributed by atoms with van der Waals surface area (Å²) in [4.78, 5) is 42.3. The summed E-state index contributed by atoms with van der Waals surface area (Å²) in [5.41, 5.74) is -2.30. The zero-order valence-corrected chi connectivity index (χ0v) is 22.0. The number of fused-ring (bicyclic) bond motifs is 1. The van der Waals surface area contributed by atoms with Gasteiger partial charge < -0.3 is 24.8 Å². The molecule has 2 unspecified atom stereocenters. The second-order valence-electron chi connectivity index (χ2n) is 12.4. The van der Waals surface area contributed by atoms with Crippen LogP contribution in [0.2, 0.25) is 0 Å². The van der Waals surface area contributed by atoms with E-state index in [0.717, 1.165) is 12.8 Å². The minimum atomic E-state index is -1.03. The van der Waals surface area contributed by atoms with Crippen LogP contribution >= 0.6 is 0 Å². The molecule has 3 aliphatic rings. The molecule has 0 aromatic rings. The van der Waals surface area contributed by atoms with Crippen LogP contribution in [0, 0.1) is 17.3 Å². The van der Waals surface area contributed by atoms with Gasteiger partial charge in [-0.3, -0.25) is 14.4 Å². The van der Waals surface area contributed by atoms with E-state index in [4.69, 9.17) is 14.6 Å². The van der Waals surface area contributed by atoms with Crippen LogP contribution in [0.4, 0.5) is 0 Å². The third-order valence-electron chi connectivity index (χ3n) is 7.56. The van der Waals surface area contributed by atoms with Crippen LogP contribution in [-0.2, 0) is 23.9 Å². The molecular weight excluding hydrogens is 436 g/mol. The van der Waals surface area contributed by atoms with Crippen LogP contribution in [0.25, 0.3) is 0 Å². The summed E-state index contributed by atoms with van der Waals surface area (Å²) < 4.78 is 11.9. The van der Waals surface area contributed by atoms with E-state index in [1.165, 1.54) is 0 Å². The molecule has 5 atom stereocenters. The molecule has 0 radical (unpaired) electrons. The quantitative estimate of drug-likeness (QED) is 0.368. The SMILES string of the molecule is CCOC(=O)[C@@H]1[C@H]2C(=O)N(CCCCCO)C(C(=O)NC(C)(C)CC(C)(C)C)C23CC[C@@]1(C)O3. The second kappa shape index (κ2) is 9.41. The minimum absolute atomic E-state index is 0.0118. The molecule has 8 heteroatoms. The van der Waals surface area contributed by atoms with Gasteiger partial charge in [0.1, 0.15) is 17.6 Å². The summed E-state index contributed by atoms with van der Waals surface area (Å²) in [6.45, 7) is 14.8. The first-order chi connectivity index (χ1) is 15.7. The van der Waals surface area contributed by atoms with E-state index in [1.54, 1.807) is 11.8 Å². The lowest BCUT2D eigenvalue weighted by Gasteiger charge is -2.38. The number of carbonyl (C=O) groups excluding carboxylic acids is 3. The number of nitrogens with zero attached hydrogens (tertiary/aromatic N) is 1. The average Bonchev–Trinajstić information content (AvgIpc) is 3.24. The Bertz CT molecular complexity index is 806. The molecule has 2 bridgehead atoms. The van der Waals surface area contributed by atoms with Crippen molar-refractivity contribution in [3.05, 3.63) is 0 Å². The lowest BCUT2D eigenvalue weighted by atomic mass is 9.66. The van der Waals surface area contributed by atoms with Crippen molar-refractivity contribution in [2.24, 2.45) is 17.3 Å². The van der Waals surface area contributed by atoms with Crippen LogP contribution in [0.15, 0.2) is 0 Å². The van der Waals surface area contributed by atoms with E-state index in [0.29, 0.717) is 32.2 Å². The monoisotopic (exact) mass is 480 g/mol. The highest BCUT2D eigenvalue weighted by molar-refractivity contribution is 5.98. The van der Waals surface area contributed by atoms with Crippen molar-refractivity contribution in [3.63, 3.8) is 0 Å². The molecule has 0 saturated carbocycles. The van der Waals surface area contributed by atoms with Gasteiger partial charge in [0.15, 0.2) is 0 Å². The third-order valence-corrected chi connectivity index (χ3v) is 7.56. The molecule has 0 aliphatic carbocycles. The van der Waals surface area contributed by atoms with E-state index in [1.807, 2.05) is 20.8 Å². The summed E-state index contributed by atoms with van der Waals surface area (Å²) >= 11 is 0. The van der Waals surface area contributed by atoms with E-state index >= 15 is 0 Å². The molecule has 3 saturated heterocycles. The number of aliphatic hydroxyl groups is 1. The van der Waals surface area contributed by atoms with E-state index in [-0.39, 0.29) is 30.4 Å². The van der Waals surface area contributed by atoms with Gasteiger partial charge in [0, 0.05) is 18.7 Å². The van der Waals surface area contributed by atoms with Crippen molar-refractivity contribution in [2.75, 3.05) is 19.8 Å². The van der Waals surface area contributed by atoms with Crippen LogP contribution < -0.4 is 5.32 Å². The number of nitrogens with one attached hydrogen (secondary N) is 1. The van der Waals surface area contributed by atoms with Crippen LogP contribution in [0.5, 0.6) is 0 Å². The Morgan fingerprint density at radius 1 is 1.18 bits per heavy atom. The normalized spacial score (nSPS) is 32.8. The van der Waals surface area contributed by atoms with Crippen LogP contribution in [-0.4, -0.2) is 70.3 Å². The lowest BCUT2D eigenvalue weighted by molar-refractivity contribution is -0.159. The van der Waals surface area contributed by atoms with Gasteiger partial charge in [0.2, 0.25) is 11.8 Å². The molecule has 1 spiro atoms. The molecule has 0 aromatic carbocycles. The molecule has 34 heavy (non-hydrogen) atoms. The number of unbranched alkanes of at least 4 members (excludes halogenated alkanes) is 2. The smallest absolute Gasteiger partial charge is 0.312 e. The Morgan fingerprint density at radius 2 is 1.85 bits per heavy atom. The number of aliphatic hydroxyl groups excluding tert-OH is 1. The molecule has 3 rings (SSSR count). The molecule has 0 aromatic heterocycles. The average molecular weight is 481 g/mol. The van der Waals surface area contributed by atoms with E-state index < -0.39 is 40.6 Å². The van der Waals surface area contributed by atoms with Gasteiger partial charge in [0.25, 0.3) is 0 Å². The molecule has 2 amide bonds. The molecule has 3 fully saturated rings. The highest BCUT2D eigenvalue weighted by Crippen LogP contribution is 2.63. The van der Waals surface area contributed by atoms with Crippen LogP contribution in [0.3, 0.4) is 0 Å². The maximum Gasteiger partial charge on any atom is 0.312 e. The summed E-state index contributed by atoms with van der Waals surface area (Å²) in [5, 5.41) is 12.4. The predicted octanol–water partition coefficient (Wildman–Crippen LogP) is 2.81. The Kier molecular flexibility index (Phi) is 7.46. The largest absolute Gasteiger partial charge is 0.466 e. The molecule has 194 valence electrons. The van der Waals surface area contributed by atoms with Crippen molar-refractivity contribution in [3.8, 4) is 0 Å². The second-order valence-corrected chi connectivity index (χ2v) is 12.4. The highest BCUT2D eigenvalue weighted by Gasteiger charge is 2.78. The highest BCUT2D eigenvalue weighted by atomic mass is 16.6. The Hall–Kier alpha value is -1.67. The number of carbonyl (C=O) groups is 3. The standard InChI is InChI=1S/C26H44N2O6/c1-8-33-22(32)18-17-21(31)28(14-10-9-11-15-29)19(26(17)13-12-25(18,7)34-26)20(30)27-24(5,6)16-23(2,3)4/h17-19,29H,8-16H2,1-7H3,(H,27,30)/t17-,18-,19?,25+,26?/m0/s1. The summed E-state index contributed by atoms with van der Waals surface area (Å²) in [7, 11) is 0. The Morgan fingerprint density at radius 3 is 2.44 bits per heavy atom. The van der Waals surface area contributed by atoms with Crippen molar-refractivity contribution in [1.82, 2.24) is 10.2 Å². The number of rotatable bonds is 10. The zero-order chi connectivity index (χ0) is 25.5. The van der Waals surface area contributed by atoms with Crippen molar-refractivity contribution >= 4 is 17.8 Å². The van der Waals surface area contributed by atoms with Crippen LogP contribution in [0.1, 0.15) is 87.0 Å². The number of amides is 2. The number of hydrogen-bond acceptors (Lipinski definition) is 6. The maximum absolute atomic E-state index is 13.9. The Labute approximate surface area is 204 Å². The van der Waals surface area contributed by atoms with E-state index in [2.05, 4.69) is 26.1 Å². The number of esters is 1. The fourth-order valence-electron chi connectivity index (χ4n) is 6.90. The van der Waals surface area contributed by atoms with Gasteiger partial charge >= 0.3 is 5.97 Å². The van der Waals surface area contributed by atoms with Crippen molar-refractivity contribution in [1.29, 1.82) is 0 Å². The molecular formula is C26H44N2O6. The summed E-state index contributed by atoms with van der Waals surface area (Å²) in [5.74, 6) is -2.27. The summed E-state index contributed by atoms with van der Waals surface area (Å²) in [6, 6.07) is -0.792. The van der Waals surface area contributed by atoms with Gasteiger partial charge in [-0.1, -0.05) is 20.8 Å². The molecule has 3 heterocycles. The zero-order valence-electron chi connectivity index (χ0n) is 22.0. The fraction of sp³-hybridized carbons (Fsp3) is 0.885. The maximum atomic E-state index is 13.9. The number of likely N-dealkylation sites (tertiary alicyclic amines) is 1. The Balaban J connectivity index is 1.95. The van der Waals surface area contributed by atoms with Gasteiger partial charge in [-0.15, -0.1) is 0 Å². The van der Waals surface area contributed by atoms with E-state index in [9.17, 15) is 14.4 Å². The lowest BCUT2D eigenvalue weighted by Crippen LogP contribution is -2.59. The van der Waals surface area contributed by atoms with Gasteiger partial charge in [-0.05, 0) is 71.6 Å². The topological polar surface area (TPSA) is 105 Å². The number of hydrogen-bond donors (Lipinski definition) is 2. The van der Waals surface area contributed by atoms with Gasteiger partial charge in [0.05, 0.1) is 18.1 Å². The molecule has 3 aliphatic heterocycles. The van der Waals surface area contributed by atoms with Crippen molar-refractivity contribution < 1.29 is 29.0 Å². The fourth-order valence-corrected chi connectivity index (χ4v) is 6.90. The summed E-state index contributed by atoms with van der Waals surface area (Å²) in [6.07, 6.45) is 4.00. The molecule has 2 N–H and O–H groups in total. The third kappa shape index (κ3) is 4.85. The van der Waals surface area contributed by atoms with Gasteiger partial charge in [-0.2, -0.15) is 0 Å². The minimum Gasteiger partial charge on any atom is -0.466 e.